The molecule has 1 aliphatic rings. The molecule has 0 saturated carbocycles. The number of amides is 1. The van der Waals surface area contributed by atoms with Crippen LogP contribution in [0.3, 0.4) is 0 Å². The first-order valence-electron chi connectivity index (χ1n) is 9.78. The molecular weight excluding hydrogens is 422 g/mol. The van der Waals surface area contributed by atoms with E-state index in [2.05, 4.69) is 4.99 Å². The number of nitrogens with zero attached hydrogens (tertiary/aromatic N) is 3. The Morgan fingerprint density at radius 3 is 2.63 bits per heavy atom. The summed E-state index contributed by atoms with van der Waals surface area (Å²) in [6.07, 6.45) is 1.09. The molecular formula is C21H23N3O4S2. The number of carbonyl (C=O) groups is 1. The fourth-order valence-electron chi connectivity index (χ4n) is 3.74. The van der Waals surface area contributed by atoms with E-state index in [1.54, 1.807) is 12.1 Å². The fraction of sp³-hybridized carbons (Fsp3) is 0.333. The number of fused-ring (bicyclic) bond motifs is 1. The van der Waals surface area contributed by atoms with E-state index < -0.39 is 22.0 Å². The van der Waals surface area contributed by atoms with Gasteiger partial charge in [0.25, 0.3) is 5.91 Å². The summed E-state index contributed by atoms with van der Waals surface area (Å²) in [6, 6.07) is 13.3. The summed E-state index contributed by atoms with van der Waals surface area (Å²) in [5.74, 6) is 0.158. The third-order valence-electron chi connectivity index (χ3n) is 5.27. The molecule has 0 aliphatic carbocycles. The van der Waals surface area contributed by atoms with Crippen molar-refractivity contribution in [3.63, 3.8) is 0 Å². The van der Waals surface area contributed by atoms with Crippen LogP contribution in [0.15, 0.2) is 58.4 Å². The largest absolute Gasteiger partial charge is 0.497 e. The predicted molar refractivity (Wildman–Crippen MR) is 116 cm³/mol. The number of benzene rings is 2. The maximum Gasteiger partial charge on any atom is 0.266 e. The number of ether oxygens (including phenoxy) is 1. The van der Waals surface area contributed by atoms with Gasteiger partial charge in [-0.2, -0.15) is 9.30 Å². The summed E-state index contributed by atoms with van der Waals surface area (Å²) in [5.41, 5.74) is 1.02. The van der Waals surface area contributed by atoms with Crippen molar-refractivity contribution in [2.45, 2.75) is 37.2 Å². The molecule has 2 heterocycles. The van der Waals surface area contributed by atoms with Gasteiger partial charge < -0.3 is 9.30 Å². The smallest absolute Gasteiger partial charge is 0.266 e. The number of sulfonamides is 1. The zero-order valence-electron chi connectivity index (χ0n) is 16.8. The number of thiazole rings is 1. The number of aryl methyl sites for hydroxylation is 1. The van der Waals surface area contributed by atoms with Gasteiger partial charge in [0.15, 0.2) is 4.80 Å². The topological polar surface area (TPSA) is 81.0 Å². The number of aromatic nitrogens is 1. The molecule has 1 aliphatic heterocycles. The number of hydrogen-bond acceptors (Lipinski definition) is 5. The van der Waals surface area contributed by atoms with Crippen LogP contribution in [0.1, 0.15) is 19.8 Å². The number of rotatable bonds is 5. The minimum Gasteiger partial charge on any atom is -0.497 e. The van der Waals surface area contributed by atoms with Crippen molar-refractivity contribution in [2.75, 3.05) is 13.7 Å². The van der Waals surface area contributed by atoms with E-state index in [0.717, 1.165) is 10.2 Å². The highest BCUT2D eigenvalue weighted by Gasteiger charge is 2.39. The van der Waals surface area contributed by atoms with Gasteiger partial charge in [0.05, 0.1) is 22.2 Å². The lowest BCUT2D eigenvalue weighted by Gasteiger charge is -2.21. The molecule has 1 atom stereocenters. The Bertz CT molecular complexity index is 1240. The Kier molecular flexibility index (Phi) is 5.77. The van der Waals surface area contributed by atoms with Gasteiger partial charge in [-0.1, -0.05) is 23.5 Å². The highest BCUT2D eigenvalue weighted by atomic mass is 32.2. The lowest BCUT2D eigenvalue weighted by atomic mass is 10.2. The van der Waals surface area contributed by atoms with Crippen LogP contribution in [0.4, 0.5) is 0 Å². The Balaban J connectivity index is 1.68. The minimum absolute atomic E-state index is 0.147. The molecule has 9 heteroatoms. The van der Waals surface area contributed by atoms with Crippen molar-refractivity contribution < 1.29 is 17.9 Å². The molecule has 0 bridgehead atoms. The van der Waals surface area contributed by atoms with Gasteiger partial charge in [0.2, 0.25) is 10.0 Å². The van der Waals surface area contributed by atoms with Gasteiger partial charge in [-0.15, -0.1) is 0 Å². The van der Waals surface area contributed by atoms with Crippen LogP contribution < -0.4 is 9.54 Å². The van der Waals surface area contributed by atoms with Crippen LogP contribution in [0.5, 0.6) is 5.75 Å². The van der Waals surface area contributed by atoms with Crippen LogP contribution in [-0.2, 0) is 21.4 Å². The van der Waals surface area contributed by atoms with Crippen LogP contribution in [-0.4, -0.2) is 42.9 Å². The molecule has 3 aromatic rings. The quantitative estimate of drug-likeness (QED) is 0.605. The van der Waals surface area contributed by atoms with Crippen molar-refractivity contribution in [3.05, 3.63) is 53.3 Å². The summed E-state index contributed by atoms with van der Waals surface area (Å²) in [7, 11) is -2.27. The second-order valence-electron chi connectivity index (χ2n) is 7.00. The average Bonchev–Trinajstić information content (AvgIpc) is 3.38. The Morgan fingerprint density at radius 2 is 1.93 bits per heavy atom. The number of methoxy groups -OCH3 is 1. The highest BCUT2D eigenvalue weighted by molar-refractivity contribution is 7.89. The summed E-state index contributed by atoms with van der Waals surface area (Å²) < 4.78 is 35.7. The molecule has 0 spiro atoms. The van der Waals surface area contributed by atoms with E-state index in [1.807, 2.05) is 35.8 Å². The lowest BCUT2D eigenvalue weighted by Crippen LogP contribution is -2.40. The molecule has 30 heavy (non-hydrogen) atoms. The fourth-order valence-corrected chi connectivity index (χ4v) is 6.49. The van der Waals surface area contributed by atoms with E-state index in [1.165, 1.54) is 34.9 Å². The van der Waals surface area contributed by atoms with Crippen molar-refractivity contribution in [1.82, 2.24) is 8.87 Å². The van der Waals surface area contributed by atoms with E-state index >= 15 is 0 Å². The van der Waals surface area contributed by atoms with Gasteiger partial charge in [-0.3, -0.25) is 4.79 Å². The molecule has 4 rings (SSSR count). The molecule has 7 nitrogen and oxygen atoms in total. The highest BCUT2D eigenvalue weighted by Crippen LogP contribution is 2.28. The summed E-state index contributed by atoms with van der Waals surface area (Å²) >= 11 is 1.44. The summed E-state index contributed by atoms with van der Waals surface area (Å²) in [6.45, 7) is 2.98. The normalized spacial score (nSPS) is 18.2. The molecule has 158 valence electrons. The Hall–Kier alpha value is -2.49. The zero-order chi connectivity index (χ0) is 21.3. The average molecular weight is 446 g/mol. The van der Waals surface area contributed by atoms with Crippen molar-refractivity contribution in [1.29, 1.82) is 0 Å². The zero-order valence-corrected chi connectivity index (χ0v) is 18.4. The third kappa shape index (κ3) is 3.68. The standard InChI is InChI=1S/C21H23N3O4S2/c1-3-23-17-7-4-5-9-19(17)29-21(23)22-20(25)18-8-6-14-24(18)30(26,27)16-12-10-15(28-2)11-13-16/h4-5,7,9-13,18H,3,6,8,14H2,1-2H3/t18-/m0/s1. The first-order valence-corrected chi connectivity index (χ1v) is 12.0. The monoisotopic (exact) mass is 445 g/mol. The van der Waals surface area contributed by atoms with Crippen LogP contribution in [0.25, 0.3) is 10.2 Å². The van der Waals surface area contributed by atoms with Gasteiger partial charge in [0.1, 0.15) is 11.8 Å². The van der Waals surface area contributed by atoms with E-state index in [4.69, 9.17) is 4.74 Å². The summed E-state index contributed by atoms with van der Waals surface area (Å²) in [5, 5.41) is 0. The first-order chi connectivity index (χ1) is 14.5. The SMILES string of the molecule is CCn1c(=NC(=O)[C@@H]2CCCN2S(=O)(=O)c2ccc(OC)cc2)sc2ccccc21. The number of hydrogen-bond donors (Lipinski definition) is 0. The van der Waals surface area contributed by atoms with Crippen LogP contribution in [0.2, 0.25) is 0 Å². The molecule has 1 fully saturated rings. The Morgan fingerprint density at radius 1 is 1.20 bits per heavy atom. The summed E-state index contributed by atoms with van der Waals surface area (Å²) in [4.78, 5) is 18.1. The van der Waals surface area contributed by atoms with Gasteiger partial charge in [0, 0.05) is 13.1 Å². The van der Waals surface area contributed by atoms with Gasteiger partial charge in [-0.05, 0) is 56.2 Å². The molecule has 2 aromatic carbocycles. The maximum absolute atomic E-state index is 13.2. The lowest BCUT2D eigenvalue weighted by molar-refractivity contribution is -0.121. The first kappa shape index (κ1) is 20.8. The van der Waals surface area contributed by atoms with Crippen molar-refractivity contribution >= 4 is 37.5 Å². The van der Waals surface area contributed by atoms with E-state index in [9.17, 15) is 13.2 Å². The maximum atomic E-state index is 13.2. The number of para-hydroxylation sites is 1. The molecule has 1 aromatic heterocycles. The predicted octanol–water partition coefficient (Wildman–Crippen LogP) is 3.01. The molecule has 1 saturated heterocycles. The molecule has 0 unspecified atom stereocenters. The Labute approximate surface area is 179 Å². The second kappa shape index (κ2) is 8.33. The van der Waals surface area contributed by atoms with Gasteiger partial charge >= 0.3 is 0 Å². The molecule has 0 radical (unpaired) electrons. The van der Waals surface area contributed by atoms with E-state index in [0.29, 0.717) is 36.5 Å². The van der Waals surface area contributed by atoms with Crippen molar-refractivity contribution in [2.24, 2.45) is 4.99 Å². The molecule has 1 amide bonds. The number of carbonyl (C=O) groups excluding carboxylic acids is 1. The van der Waals surface area contributed by atoms with Crippen molar-refractivity contribution in [3.8, 4) is 5.75 Å². The van der Waals surface area contributed by atoms with Crippen LogP contribution in [0, 0.1) is 0 Å². The molecule has 0 N–H and O–H groups in total. The van der Waals surface area contributed by atoms with Crippen LogP contribution >= 0.6 is 11.3 Å². The minimum atomic E-state index is -3.80. The van der Waals surface area contributed by atoms with Gasteiger partial charge in [-0.25, -0.2) is 8.42 Å². The third-order valence-corrected chi connectivity index (χ3v) is 8.25. The van der Waals surface area contributed by atoms with E-state index in [-0.39, 0.29) is 4.90 Å². The second-order valence-corrected chi connectivity index (χ2v) is 9.90.